The molecule has 1 amide bonds. The minimum absolute atomic E-state index is 0.0128. The Labute approximate surface area is 119 Å². The Morgan fingerprint density at radius 1 is 1.40 bits per heavy atom. The predicted molar refractivity (Wildman–Crippen MR) is 78.3 cm³/mol. The van der Waals surface area contributed by atoms with Crippen LogP contribution in [0.1, 0.15) is 28.8 Å². The van der Waals surface area contributed by atoms with Gasteiger partial charge in [0.05, 0.1) is 12.1 Å². The van der Waals surface area contributed by atoms with E-state index in [0.29, 0.717) is 12.1 Å². The molecule has 1 aliphatic heterocycles. The summed E-state index contributed by atoms with van der Waals surface area (Å²) >= 11 is 0. The van der Waals surface area contributed by atoms with Crippen LogP contribution in [0.5, 0.6) is 0 Å². The summed E-state index contributed by atoms with van der Waals surface area (Å²) in [7, 11) is 1.85. The maximum absolute atomic E-state index is 12.6. The SMILES string of the molecule is CN(C(=O)c1ccccc1C#CCN)C1CCOCC1. The molecule has 0 aromatic heterocycles. The molecular weight excluding hydrogens is 252 g/mol. The number of benzene rings is 1. The molecule has 4 nitrogen and oxygen atoms in total. The van der Waals surface area contributed by atoms with E-state index in [1.54, 1.807) is 0 Å². The van der Waals surface area contributed by atoms with Crippen molar-refractivity contribution in [3.8, 4) is 11.8 Å². The zero-order valence-electron chi connectivity index (χ0n) is 11.8. The fourth-order valence-electron chi connectivity index (χ4n) is 2.35. The Kier molecular flexibility index (Phi) is 5.16. The first-order chi connectivity index (χ1) is 9.74. The number of carbonyl (C=O) groups excluding carboxylic acids is 1. The van der Waals surface area contributed by atoms with Gasteiger partial charge in [0.25, 0.3) is 5.91 Å². The first-order valence-electron chi connectivity index (χ1n) is 6.87. The van der Waals surface area contributed by atoms with Crippen molar-refractivity contribution in [2.45, 2.75) is 18.9 Å². The van der Waals surface area contributed by atoms with Crippen LogP contribution in [-0.4, -0.2) is 43.7 Å². The van der Waals surface area contributed by atoms with Gasteiger partial charge in [-0.1, -0.05) is 24.0 Å². The normalized spacial score (nSPS) is 15.3. The molecule has 0 radical (unpaired) electrons. The highest BCUT2D eigenvalue weighted by atomic mass is 16.5. The molecule has 0 atom stereocenters. The predicted octanol–water partition coefficient (Wildman–Crippen LogP) is 1.25. The number of nitrogens with zero attached hydrogens (tertiary/aromatic N) is 1. The summed E-state index contributed by atoms with van der Waals surface area (Å²) in [6.45, 7) is 1.73. The summed E-state index contributed by atoms with van der Waals surface area (Å²) in [6, 6.07) is 7.66. The summed E-state index contributed by atoms with van der Waals surface area (Å²) in [5, 5.41) is 0. The van der Waals surface area contributed by atoms with Crippen molar-refractivity contribution in [3.63, 3.8) is 0 Å². The molecule has 2 rings (SSSR count). The number of nitrogens with two attached hydrogens (primary N) is 1. The van der Waals surface area contributed by atoms with Crippen LogP contribution in [0.15, 0.2) is 24.3 Å². The summed E-state index contributed by atoms with van der Waals surface area (Å²) in [6.07, 6.45) is 1.78. The van der Waals surface area contributed by atoms with Crippen molar-refractivity contribution in [3.05, 3.63) is 35.4 Å². The van der Waals surface area contributed by atoms with Crippen molar-refractivity contribution in [2.24, 2.45) is 5.73 Å². The molecule has 20 heavy (non-hydrogen) atoms. The lowest BCUT2D eigenvalue weighted by molar-refractivity contribution is 0.0362. The lowest BCUT2D eigenvalue weighted by Gasteiger charge is -2.31. The van der Waals surface area contributed by atoms with Gasteiger partial charge < -0.3 is 15.4 Å². The van der Waals surface area contributed by atoms with Crippen LogP contribution in [0.4, 0.5) is 0 Å². The minimum Gasteiger partial charge on any atom is -0.381 e. The fourth-order valence-corrected chi connectivity index (χ4v) is 2.35. The number of ether oxygens (including phenoxy) is 1. The van der Waals surface area contributed by atoms with Gasteiger partial charge in [0.15, 0.2) is 0 Å². The van der Waals surface area contributed by atoms with Crippen LogP contribution in [0, 0.1) is 11.8 Å². The second-order valence-electron chi connectivity index (χ2n) is 4.81. The zero-order chi connectivity index (χ0) is 14.4. The van der Waals surface area contributed by atoms with Gasteiger partial charge in [0.1, 0.15) is 0 Å². The molecule has 0 spiro atoms. The van der Waals surface area contributed by atoms with Gasteiger partial charge in [-0.25, -0.2) is 0 Å². The molecular formula is C16H20N2O2. The molecule has 2 N–H and O–H groups in total. The van der Waals surface area contributed by atoms with E-state index < -0.39 is 0 Å². The highest BCUT2D eigenvalue weighted by Crippen LogP contribution is 2.17. The number of amides is 1. The Balaban J connectivity index is 2.19. The molecule has 1 heterocycles. The number of hydrogen-bond donors (Lipinski definition) is 1. The lowest BCUT2D eigenvalue weighted by atomic mass is 10.0. The molecule has 0 saturated carbocycles. The molecule has 106 valence electrons. The standard InChI is InChI=1S/C16H20N2O2/c1-18(14-8-11-20-12-9-14)16(19)15-7-3-2-5-13(15)6-4-10-17/h2-3,5,7,14H,8-12,17H2,1H3. The smallest absolute Gasteiger partial charge is 0.255 e. The van der Waals surface area contributed by atoms with Gasteiger partial charge in [0, 0.05) is 31.9 Å². The Hall–Kier alpha value is -1.83. The van der Waals surface area contributed by atoms with E-state index in [9.17, 15) is 4.79 Å². The van der Waals surface area contributed by atoms with Crippen molar-refractivity contribution >= 4 is 5.91 Å². The van der Waals surface area contributed by atoms with Crippen LogP contribution in [0.3, 0.4) is 0 Å². The Bertz CT molecular complexity index is 525. The third kappa shape index (κ3) is 3.38. The largest absolute Gasteiger partial charge is 0.381 e. The van der Waals surface area contributed by atoms with Crippen LogP contribution in [-0.2, 0) is 4.74 Å². The molecule has 0 aliphatic carbocycles. The van der Waals surface area contributed by atoms with Gasteiger partial charge in [-0.05, 0) is 25.0 Å². The molecule has 0 bridgehead atoms. The summed E-state index contributed by atoms with van der Waals surface area (Å²) < 4.78 is 5.34. The molecule has 1 aromatic rings. The van der Waals surface area contributed by atoms with Crippen molar-refractivity contribution in [1.82, 2.24) is 4.90 Å². The van der Waals surface area contributed by atoms with Crippen molar-refractivity contribution in [2.75, 3.05) is 26.8 Å². The lowest BCUT2D eigenvalue weighted by Crippen LogP contribution is -2.40. The Morgan fingerprint density at radius 3 is 2.80 bits per heavy atom. The van der Waals surface area contributed by atoms with E-state index in [0.717, 1.165) is 31.6 Å². The highest BCUT2D eigenvalue weighted by molar-refractivity contribution is 5.96. The topological polar surface area (TPSA) is 55.6 Å². The molecule has 1 fully saturated rings. The van der Waals surface area contributed by atoms with Crippen LogP contribution in [0.25, 0.3) is 0 Å². The van der Waals surface area contributed by atoms with Gasteiger partial charge in [-0.2, -0.15) is 0 Å². The summed E-state index contributed by atoms with van der Waals surface area (Å²) in [4.78, 5) is 14.4. The average molecular weight is 272 g/mol. The molecule has 4 heteroatoms. The molecule has 1 aromatic carbocycles. The molecule has 1 aliphatic rings. The van der Waals surface area contributed by atoms with Gasteiger partial charge >= 0.3 is 0 Å². The average Bonchev–Trinajstić information content (AvgIpc) is 2.52. The monoisotopic (exact) mass is 272 g/mol. The maximum Gasteiger partial charge on any atom is 0.255 e. The van der Waals surface area contributed by atoms with Gasteiger partial charge in [-0.3, -0.25) is 4.79 Å². The van der Waals surface area contributed by atoms with Crippen molar-refractivity contribution in [1.29, 1.82) is 0 Å². The Morgan fingerprint density at radius 2 is 2.10 bits per heavy atom. The number of hydrogen-bond acceptors (Lipinski definition) is 3. The van der Waals surface area contributed by atoms with Crippen LogP contribution < -0.4 is 5.73 Å². The summed E-state index contributed by atoms with van der Waals surface area (Å²) in [5.41, 5.74) is 6.78. The van der Waals surface area contributed by atoms with E-state index in [2.05, 4.69) is 11.8 Å². The third-order valence-electron chi connectivity index (χ3n) is 3.54. The molecule has 0 unspecified atom stereocenters. The first kappa shape index (κ1) is 14.6. The van der Waals surface area contributed by atoms with Crippen molar-refractivity contribution < 1.29 is 9.53 Å². The quantitative estimate of drug-likeness (QED) is 0.824. The van der Waals surface area contributed by atoms with E-state index in [4.69, 9.17) is 10.5 Å². The second-order valence-corrected chi connectivity index (χ2v) is 4.81. The van der Waals surface area contributed by atoms with Crippen LogP contribution in [0.2, 0.25) is 0 Å². The zero-order valence-corrected chi connectivity index (χ0v) is 11.8. The minimum atomic E-state index is 0.0128. The number of rotatable bonds is 2. The first-order valence-corrected chi connectivity index (χ1v) is 6.87. The van der Waals surface area contributed by atoms with E-state index in [1.165, 1.54) is 0 Å². The molecule has 1 saturated heterocycles. The highest BCUT2D eigenvalue weighted by Gasteiger charge is 2.24. The van der Waals surface area contributed by atoms with Crippen LogP contribution >= 0.6 is 0 Å². The summed E-state index contributed by atoms with van der Waals surface area (Å²) in [5.74, 6) is 5.78. The van der Waals surface area contributed by atoms with Gasteiger partial charge in [-0.15, -0.1) is 0 Å². The van der Waals surface area contributed by atoms with E-state index in [1.807, 2.05) is 36.2 Å². The number of carbonyl (C=O) groups is 1. The maximum atomic E-state index is 12.6. The van der Waals surface area contributed by atoms with Gasteiger partial charge in [0.2, 0.25) is 0 Å². The second kappa shape index (κ2) is 7.09. The third-order valence-corrected chi connectivity index (χ3v) is 3.54. The van der Waals surface area contributed by atoms with E-state index in [-0.39, 0.29) is 11.9 Å². The fraction of sp³-hybridized carbons (Fsp3) is 0.438. The van der Waals surface area contributed by atoms with E-state index >= 15 is 0 Å².